The van der Waals surface area contributed by atoms with E-state index in [9.17, 15) is 14.4 Å². The van der Waals surface area contributed by atoms with E-state index in [0.717, 1.165) is 0 Å². The molecule has 0 bridgehead atoms. The maximum absolute atomic E-state index is 11.9. The Hall–Kier alpha value is -2.37. The van der Waals surface area contributed by atoms with Gasteiger partial charge in [-0.1, -0.05) is 6.07 Å². The van der Waals surface area contributed by atoms with Crippen LogP contribution in [-0.4, -0.2) is 35.0 Å². The van der Waals surface area contributed by atoms with E-state index in [4.69, 9.17) is 5.11 Å². The lowest BCUT2D eigenvalue weighted by Gasteiger charge is -2.16. The lowest BCUT2D eigenvalue weighted by Crippen LogP contribution is -2.46. The normalized spacial score (nSPS) is 11.8. The first kappa shape index (κ1) is 15.7. The summed E-state index contributed by atoms with van der Waals surface area (Å²) in [5.74, 6) is -1.88. The highest BCUT2D eigenvalue weighted by molar-refractivity contribution is 5.99. The summed E-state index contributed by atoms with van der Waals surface area (Å²) in [6, 6.07) is 4.93. The van der Waals surface area contributed by atoms with Gasteiger partial charge >= 0.3 is 5.97 Å². The molecule has 0 aliphatic rings. The van der Waals surface area contributed by atoms with Crippen LogP contribution in [0.15, 0.2) is 24.3 Å². The number of carboxylic acids is 1. The molecule has 108 valence electrons. The molecule has 1 aromatic carbocycles. The minimum Gasteiger partial charge on any atom is -0.478 e. The number of nitrogens with one attached hydrogen (secondary N) is 2. The number of carboxylic acid groups (broad SMARTS) is 1. The molecule has 0 aliphatic heterocycles. The zero-order valence-corrected chi connectivity index (χ0v) is 11.6. The van der Waals surface area contributed by atoms with Gasteiger partial charge in [0, 0.05) is 11.6 Å². The van der Waals surface area contributed by atoms with Crippen LogP contribution in [0.1, 0.15) is 41.5 Å². The highest BCUT2D eigenvalue weighted by Crippen LogP contribution is 2.05. The number of amides is 2. The van der Waals surface area contributed by atoms with Crippen LogP contribution < -0.4 is 10.6 Å². The van der Waals surface area contributed by atoms with Crippen molar-refractivity contribution in [1.82, 2.24) is 10.6 Å². The van der Waals surface area contributed by atoms with Crippen LogP contribution >= 0.6 is 0 Å². The third-order valence-corrected chi connectivity index (χ3v) is 2.54. The number of hydrogen-bond acceptors (Lipinski definition) is 3. The Morgan fingerprint density at radius 2 is 1.65 bits per heavy atom. The smallest absolute Gasteiger partial charge is 0.335 e. The minimum atomic E-state index is -1.11. The largest absolute Gasteiger partial charge is 0.478 e. The molecule has 0 radical (unpaired) electrons. The van der Waals surface area contributed by atoms with E-state index < -0.39 is 17.9 Å². The summed E-state index contributed by atoms with van der Waals surface area (Å²) < 4.78 is 0. The maximum atomic E-state index is 11.9. The quantitative estimate of drug-likeness (QED) is 0.749. The van der Waals surface area contributed by atoms with Crippen LogP contribution in [0.5, 0.6) is 0 Å². The van der Waals surface area contributed by atoms with E-state index >= 15 is 0 Å². The topological polar surface area (TPSA) is 95.5 Å². The second-order valence-electron chi connectivity index (χ2n) is 4.74. The molecule has 0 saturated heterocycles. The Bertz CT molecular complexity index is 526. The number of hydrogen-bond donors (Lipinski definition) is 3. The fourth-order valence-corrected chi connectivity index (χ4v) is 1.55. The Morgan fingerprint density at radius 1 is 1.05 bits per heavy atom. The first-order chi connectivity index (χ1) is 9.31. The van der Waals surface area contributed by atoms with Gasteiger partial charge in [0.25, 0.3) is 5.91 Å². The van der Waals surface area contributed by atoms with Crippen molar-refractivity contribution < 1.29 is 19.5 Å². The zero-order chi connectivity index (χ0) is 15.3. The number of rotatable bonds is 5. The average Bonchev–Trinajstić information content (AvgIpc) is 2.37. The van der Waals surface area contributed by atoms with Gasteiger partial charge in [0.1, 0.15) is 6.04 Å². The van der Waals surface area contributed by atoms with Crippen molar-refractivity contribution in [2.45, 2.75) is 32.9 Å². The van der Waals surface area contributed by atoms with E-state index in [1.165, 1.54) is 24.3 Å². The predicted molar refractivity (Wildman–Crippen MR) is 73.6 cm³/mol. The molecule has 1 unspecified atom stereocenters. The highest BCUT2D eigenvalue weighted by atomic mass is 16.4. The van der Waals surface area contributed by atoms with Crippen LogP contribution in [0.25, 0.3) is 0 Å². The van der Waals surface area contributed by atoms with E-state index in [1.54, 1.807) is 6.92 Å². The van der Waals surface area contributed by atoms with Crippen LogP contribution in [-0.2, 0) is 4.79 Å². The number of carbonyl (C=O) groups is 3. The van der Waals surface area contributed by atoms with Crippen LogP contribution in [0.4, 0.5) is 0 Å². The monoisotopic (exact) mass is 278 g/mol. The molecule has 6 nitrogen and oxygen atoms in total. The first-order valence-electron chi connectivity index (χ1n) is 6.26. The lowest BCUT2D eigenvalue weighted by molar-refractivity contribution is -0.123. The summed E-state index contributed by atoms with van der Waals surface area (Å²) in [6.07, 6.45) is 0. The van der Waals surface area contributed by atoms with E-state index in [-0.39, 0.29) is 23.1 Å². The average molecular weight is 278 g/mol. The van der Waals surface area contributed by atoms with Crippen molar-refractivity contribution in [1.29, 1.82) is 0 Å². The van der Waals surface area contributed by atoms with Crippen LogP contribution in [0.2, 0.25) is 0 Å². The molecular formula is C14H18N2O4. The van der Waals surface area contributed by atoms with Gasteiger partial charge in [-0.2, -0.15) is 0 Å². The Kier molecular flexibility index (Phi) is 5.25. The molecule has 1 aromatic rings. The molecule has 0 spiro atoms. The molecule has 0 saturated carbocycles. The summed E-state index contributed by atoms with van der Waals surface area (Å²) in [5, 5.41) is 14.1. The SMILES string of the molecule is CC(C)NC(=O)C(C)NC(=O)c1cccc(C(=O)O)c1. The van der Waals surface area contributed by atoms with Crippen molar-refractivity contribution in [2.24, 2.45) is 0 Å². The van der Waals surface area contributed by atoms with Gasteiger partial charge in [0.15, 0.2) is 0 Å². The van der Waals surface area contributed by atoms with E-state index in [2.05, 4.69) is 10.6 Å². The second kappa shape index (κ2) is 6.70. The molecule has 0 heterocycles. The summed E-state index contributed by atoms with van der Waals surface area (Å²) in [6.45, 7) is 5.21. The summed E-state index contributed by atoms with van der Waals surface area (Å²) in [4.78, 5) is 34.4. The van der Waals surface area contributed by atoms with Crippen LogP contribution in [0.3, 0.4) is 0 Å². The second-order valence-corrected chi connectivity index (χ2v) is 4.74. The molecule has 0 fully saturated rings. The summed E-state index contributed by atoms with van der Waals surface area (Å²) in [7, 11) is 0. The van der Waals surface area contributed by atoms with Gasteiger partial charge < -0.3 is 15.7 Å². The van der Waals surface area contributed by atoms with Gasteiger partial charge in [-0.15, -0.1) is 0 Å². The third kappa shape index (κ3) is 4.38. The third-order valence-electron chi connectivity index (χ3n) is 2.54. The van der Waals surface area contributed by atoms with Gasteiger partial charge in [-0.3, -0.25) is 9.59 Å². The van der Waals surface area contributed by atoms with Crippen molar-refractivity contribution >= 4 is 17.8 Å². The molecular weight excluding hydrogens is 260 g/mol. The molecule has 1 rings (SSSR count). The van der Waals surface area contributed by atoms with Crippen molar-refractivity contribution in [3.8, 4) is 0 Å². The maximum Gasteiger partial charge on any atom is 0.335 e. The van der Waals surface area contributed by atoms with Crippen molar-refractivity contribution in [2.75, 3.05) is 0 Å². The van der Waals surface area contributed by atoms with Gasteiger partial charge in [0.05, 0.1) is 5.56 Å². The molecule has 20 heavy (non-hydrogen) atoms. The van der Waals surface area contributed by atoms with Crippen molar-refractivity contribution in [3.63, 3.8) is 0 Å². The Labute approximate surface area is 117 Å². The highest BCUT2D eigenvalue weighted by Gasteiger charge is 2.17. The minimum absolute atomic E-state index is 0.0165. The van der Waals surface area contributed by atoms with E-state index in [1.807, 2.05) is 13.8 Å². The van der Waals surface area contributed by atoms with Crippen LogP contribution in [0, 0.1) is 0 Å². The predicted octanol–water partition coefficient (Wildman–Crippen LogP) is 1.03. The fraction of sp³-hybridized carbons (Fsp3) is 0.357. The van der Waals surface area contributed by atoms with Gasteiger partial charge in [-0.05, 0) is 39.0 Å². The van der Waals surface area contributed by atoms with E-state index in [0.29, 0.717) is 0 Å². The van der Waals surface area contributed by atoms with Gasteiger partial charge in [0.2, 0.25) is 5.91 Å². The van der Waals surface area contributed by atoms with Crippen molar-refractivity contribution in [3.05, 3.63) is 35.4 Å². The molecule has 0 aromatic heterocycles. The summed E-state index contributed by atoms with van der Waals surface area (Å²) >= 11 is 0. The first-order valence-corrected chi connectivity index (χ1v) is 6.26. The number of aromatic carboxylic acids is 1. The molecule has 2 amide bonds. The summed E-state index contributed by atoms with van der Waals surface area (Å²) in [5.41, 5.74) is 0.228. The lowest BCUT2D eigenvalue weighted by atomic mass is 10.1. The molecule has 0 aliphatic carbocycles. The zero-order valence-electron chi connectivity index (χ0n) is 11.6. The number of carbonyl (C=O) groups excluding carboxylic acids is 2. The fourth-order valence-electron chi connectivity index (χ4n) is 1.55. The molecule has 3 N–H and O–H groups in total. The standard InChI is InChI=1S/C14H18N2O4/c1-8(2)15-12(17)9(3)16-13(18)10-5-4-6-11(7-10)14(19)20/h4-9H,1-3H3,(H,15,17)(H,16,18)(H,19,20). The molecule has 6 heteroatoms. The molecule has 1 atom stereocenters. The van der Waals surface area contributed by atoms with Gasteiger partial charge in [-0.25, -0.2) is 4.79 Å². The number of benzene rings is 1. The Balaban J connectivity index is 2.73. The Morgan fingerprint density at radius 3 is 2.20 bits per heavy atom.